The van der Waals surface area contributed by atoms with Crippen LogP contribution in [0.4, 0.5) is 0 Å². The number of rotatable bonds is 3. The molecule has 0 N–H and O–H groups in total. The SMILES string of the molecule is Cn1cc(CN2CCN(C(=O)c3cccc(Cl)c3Cl)CC2)cn1. The monoisotopic (exact) mass is 352 g/mol. The van der Waals surface area contributed by atoms with Gasteiger partial charge in [-0.25, -0.2) is 0 Å². The Morgan fingerprint density at radius 3 is 2.61 bits per heavy atom. The van der Waals surface area contributed by atoms with Crippen LogP contribution < -0.4 is 0 Å². The van der Waals surface area contributed by atoms with Crippen LogP contribution in [0.3, 0.4) is 0 Å². The summed E-state index contributed by atoms with van der Waals surface area (Å²) in [6.45, 7) is 3.88. The average Bonchev–Trinajstić information content (AvgIpc) is 2.95. The van der Waals surface area contributed by atoms with Gasteiger partial charge in [0.2, 0.25) is 0 Å². The van der Waals surface area contributed by atoms with Crippen LogP contribution in [0.5, 0.6) is 0 Å². The molecule has 0 bridgehead atoms. The predicted octanol–water partition coefficient (Wildman–Crippen LogP) is 2.68. The van der Waals surface area contributed by atoms with Crippen molar-refractivity contribution in [3.05, 3.63) is 51.8 Å². The van der Waals surface area contributed by atoms with Crippen molar-refractivity contribution in [3.8, 4) is 0 Å². The largest absolute Gasteiger partial charge is 0.336 e. The minimum absolute atomic E-state index is 0.0569. The summed E-state index contributed by atoms with van der Waals surface area (Å²) >= 11 is 12.1. The molecule has 5 nitrogen and oxygen atoms in total. The zero-order valence-corrected chi connectivity index (χ0v) is 14.4. The first-order valence-corrected chi connectivity index (χ1v) is 8.23. The molecule has 1 aromatic carbocycles. The van der Waals surface area contributed by atoms with E-state index in [1.54, 1.807) is 22.9 Å². The Kier molecular flexibility index (Phi) is 4.90. The number of nitrogens with zero attached hydrogens (tertiary/aromatic N) is 4. The van der Waals surface area contributed by atoms with Gasteiger partial charge in [-0.3, -0.25) is 14.4 Å². The number of carbonyl (C=O) groups is 1. The maximum Gasteiger partial charge on any atom is 0.255 e. The van der Waals surface area contributed by atoms with Crippen molar-refractivity contribution in [2.45, 2.75) is 6.54 Å². The van der Waals surface area contributed by atoms with Gasteiger partial charge in [0.1, 0.15) is 0 Å². The lowest BCUT2D eigenvalue weighted by molar-refractivity contribution is 0.0628. The molecule has 0 aliphatic carbocycles. The Morgan fingerprint density at radius 2 is 1.96 bits per heavy atom. The zero-order valence-electron chi connectivity index (χ0n) is 12.9. The van der Waals surface area contributed by atoms with Gasteiger partial charge in [0.05, 0.1) is 21.8 Å². The highest BCUT2D eigenvalue weighted by atomic mass is 35.5. The fourth-order valence-corrected chi connectivity index (χ4v) is 3.14. The van der Waals surface area contributed by atoms with Crippen molar-refractivity contribution in [2.24, 2.45) is 7.05 Å². The number of aryl methyl sites for hydroxylation is 1. The summed E-state index contributed by atoms with van der Waals surface area (Å²) in [4.78, 5) is 16.7. The molecule has 2 heterocycles. The molecule has 1 saturated heterocycles. The van der Waals surface area contributed by atoms with Gasteiger partial charge in [0.25, 0.3) is 5.91 Å². The molecule has 0 radical (unpaired) electrons. The van der Waals surface area contributed by atoms with Crippen LogP contribution in [0.1, 0.15) is 15.9 Å². The standard InChI is InChI=1S/C16H18Cl2N4O/c1-20-10-12(9-19-20)11-21-5-7-22(8-6-21)16(23)13-3-2-4-14(17)15(13)18/h2-4,9-10H,5-8,11H2,1H3. The van der Waals surface area contributed by atoms with E-state index in [0.29, 0.717) is 28.7 Å². The molecule has 1 aliphatic rings. The Bertz CT molecular complexity index is 708. The normalized spacial score (nSPS) is 15.9. The Labute approximate surface area is 145 Å². The van der Waals surface area contributed by atoms with Gasteiger partial charge in [-0.1, -0.05) is 29.3 Å². The van der Waals surface area contributed by atoms with Crippen LogP contribution in [0.2, 0.25) is 10.0 Å². The number of benzene rings is 1. The summed E-state index contributed by atoms with van der Waals surface area (Å²) in [5.74, 6) is -0.0569. The van der Waals surface area contributed by atoms with E-state index in [4.69, 9.17) is 23.2 Å². The molecule has 1 amide bonds. The molecule has 122 valence electrons. The summed E-state index contributed by atoms with van der Waals surface area (Å²) in [5, 5.41) is 4.92. The second-order valence-corrected chi connectivity index (χ2v) is 6.48. The smallest absolute Gasteiger partial charge is 0.255 e. The van der Waals surface area contributed by atoms with E-state index in [9.17, 15) is 4.79 Å². The van der Waals surface area contributed by atoms with Gasteiger partial charge in [0.15, 0.2) is 0 Å². The molecule has 1 aromatic heterocycles. The molecule has 0 atom stereocenters. The number of piperazine rings is 1. The van der Waals surface area contributed by atoms with Crippen LogP contribution in [0.25, 0.3) is 0 Å². The first-order chi connectivity index (χ1) is 11.0. The minimum atomic E-state index is -0.0569. The van der Waals surface area contributed by atoms with E-state index < -0.39 is 0 Å². The third-order valence-corrected chi connectivity index (χ3v) is 4.82. The molecule has 23 heavy (non-hydrogen) atoms. The molecule has 7 heteroatoms. The highest BCUT2D eigenvalue weighted by Gasteiger charge is 2.24. The zero-order chi connectivity index (χ0) is 16.4. The quantitative estimate of drug-likeness (QED) is 0.852. The van der Waals surface area contributed by atoms with E-state index in [1.807, 2.05) is 24.3 Å². The molecular formula is C16H18Cl2N4O. The van der Waals surface area contributed by atoms with E-state index in [0.717, 1.165) is 19.6 Å². The van der Waals surface area contributed by atoms with Crippen molar-refractivity contribution in [2.75, 3.05) is 26.2 Å². The van der Waals surface area contributed by atoms with Crippen molar-refractivity contribution >= 4 is 29.1 Å². The highest BCUT2D eigenvalue weighted by molar-refractivity contribution is 6.43. The summed E-state index contributed by atoms with van der Waals surface area (Å²) < 4.78 is 1.80. The van der Waals surface area contributed by atoms with Gasteiger partial charge >= 0.3 is 0 Å². The second kappa shape index (κ2) is 6.91. The Balaban J connectivity index is 1.60. The van der Waals surface area contributed by atoms with Crippen molar-refractivity contribution in [1.29, 1.82) is 0 Å². The van der Waals surface area contributed by atoms with Gasteiger partial charge in [-0.2, -0.15) is 5.10 Å². The topological polar surface area (TPSA) is 41.4 Å². The molecule has 1 aliphatic heterocycles. The maximum absolute atomic E-state index is 12.6. The minimum Gasteiger partial charge on any atom is -0.336 e. The van der Waals surface area contributed by atoms with Gasteiger partial charge in [0, 0.05) is 51.5 Å². The second-order valence-electron chi connectivity index (χ2n) is 5.69. The van der Waals surface area contributed by atoms with E-state index in [2.05, 4.69) is 10.00 Å². The lowest BCUT2D eigenvalue weighted by atomic mass is 10.1. The Hall–Kier alpha value is -1.56. The van der Waals surface area contributed by atoms with Gasteiger partial charge in [-0.15, -0.1) is 0 Å². The number of hydrogen-bond acceptors (Lipinski definition) is 3. The summed E-state index contributed by atoms with van der Waals surface area (Å²) in [6.07, 6.45) is 3.90. The van der Waals surface area contributed by atoms with Crippen LogP contribution >= 0.6 is 23.2 Å². The van der Waals surface area contributed by atoms with Gasteiger partial charge < -0.3 is 4.90 Å². The lowest BCUT2D eigenvalue weighted by Crippen LogP contribution is -2.48. The van der Waals surface area contributed by atoms with Crippen LogP contribution in [0.15, 0.2) is 30.6 Å². The number of aromatic nitrogens is 2. The molecule has 0 unspecified atom stereocenters. The number of halogens is 2. The first kappa shape index (κ1) is 16.3. The maximum atomic E-state index is 12.6. The van der Waals surface area contributed by atoms with Gasteiger partial charge in [-0.05, 0) is 12.1 Å². The van der Waals surface area contributed by atoms with E-state index in [-0.39, 0.29) is 5.91 Å². The number of hydrogen-bond donors (Lipinski definition) is 0. The fourth-order valence-electron chi connectivity index (χ4n) is 2.76. The summed E-state index contributed by atoms with van der Waals surface area (Å²) in [6, 6.07) is 5.16. The molecule has 3 rings (SSSR count). The molecule has 2 aromatic rings. The van der Waals surface area contributed by atoms with Crippen LogP contribution in [0, 0.1) is 0 Å². The number of carbonyl (C=O) groups excluding carboxylic acids is 1. The number of amides is 1. The third-order valence-electron chi connectivity index (χ3n) is 4.01. The lowest BCUT2D eigenvalue weighted by Gasteiger charge is -2.34. The van der Waals surface area contributed by atoms with Crippen molar-refractivity contribution in [1.82, 2.24) is 19.6 Å². The first-order valence-electron chi connectivity index (χ1n) is 7.48. The molecule has 0 saturated carbocycles. The van der Waals surface area contributed by atoms with E-state index >= 15 is 0 Å². The van der Waals surface area contributed by atoms with E-state index in [1.165, 1.54) is 5.56 Å². The molecule has 1 fully saturated rings. The predicted molar refractivity (Wildman–Crippen MR) is 90.9 cm³/mol. The molecule has 0 spiro atoms. The van der Waals surface area contributed by atoms with Crippen LogP contribution in [-0.2, 0) is 13.6 Å². The summed E-state index contributed by atoms with van der Waals surface area (Å²) in [7, 11) is 1.91. The highest BCUT2D eigenvalue weighted by Crippen LogP contribution is 2.26. The average molecular weight is 353 g/mol. The molecular weight excluding hydrogens is 335 g/mol. The Morgan fingerprint density at radius 1 is 1.22 bits per heavy atom. The summed E-state index contributed by atoms with van der Waals surface area (Å²) in [5.41, 5.74) is 1.66. The van der Waals surface area contributed by atoms with Crippen LogP contribution in [-0.4, -0.2) is 51.7 Å². The van der Waals surface area contributed by atoms with Crippen molar-refractivity contribution in [3.63, 3.8) is 0 Å². The fraction of sp³-hybridized carbons (Fsp3) is 0.375. The third kappa shape index (κ3) is 3.68. The van der Waals surface area contributed by atoms with Crippen molar-refractivity contribution < 1.29 is 4.79 Å².